The second-order valence-electron chi connectivity index (χ2n) is 4.10. The molecular weight excluding hydrogens is 355 g/mol. The SMILES string of the molecule is [Ni].c1ccncc1.c1ccncc1.c1ccncc1.c1ccncc1. The molecule has 4 rings (SSSR count). The van der Waals surface area contributed by atoms with Crippen LogP contribution in [-0.4, -0.2) is 19.9 Å². The molecule has 4 nitrogen and oxygen atoms in total. The van der Waals surface area contributed by atoms with Gasteiger partial charge in [-0.25, -0.2) is 0 Å². The van der Waals surface area contributed by atoms with Gasteiger partial charge in [-0.3, -0.25) is 19.9 Å². The van der Waals surface area contributed by atoms with Crippen LogP contribution in [-0.2, 0) is 16.5 Å². The fourth-order valence-corrected chi connectivity index (χ4v) is 1.25. The molecule has 0 unspecified atom stereocenters. The zero-order chi connectivity index (χ0) is 17.0. The maximum Gasteiger partial charge on any atom is 0.0267 e. The summed E-state index contributed by atoms with van der Waals surface area (Å²) in [5, 5.41) is 0. The first-order valence-electron chi connectivity index (χ1n) is 7.40. The van der Waals surface area contributed by atoms with E-state index in [1.165, 1.54) is 0 Å². The number of rotatable bonds is 0. The number of hydrogen-bond donors (Lipinski definition) is 0. The molecule has 25 heavy (non-hydrogen) atoms. The van der Waals surface area contributed by atoms with E-state index in [2.05, 4.69) is 19.9 Å². The van der Waals surface area contributed by atoms with Crippen LogP contribution in [0.25, 0.3) is 0 Å². The monoisotopic (exact) mass is 374 g/mol. The Kier molecular flexibility index (Phi) is 16.9. The van der Waals surface area contributed by atoms with Crippen molar-refractivity contribution >= 4 is 0 Å². The standard InChI is InChI=1S/4C5H5N.Ni/c4*1-2-4-6-5-3-1;/h4*1-5H;. The Morgan fingerprint density at radius 3 is 0.440 bits per heavy atom. The van der Waals surface area contributed by atoms with Crippen molar-refractivity contribution in [2.75, 3.05) is 0 Å². The Balaban J connectivity index is 0.000000303. The fraction of sp³-hybridized carbons (Fsp3) is 0. The summed E-state index contributed by atoms with van der Waals surface area (Å²) in [6.07, 6.45) is 14.0. The third-order valence-corrected chi connectivity index (χ3v) is 2.27. The summed E-state index contributed by atoms with van der Waals surface area (Å²) >= 11 is 0. The molecule has 0 aromatic carbocycles. The van der Waals surface area contributed by atoms with E-state index in [-0.39, 0.29) is 16.5 Å². The van der Waals surface area contributed by atoms with Gasteiger partial charge in [0.1, 0.15) is 0 Å². The van der Waals surface area contributed by atoms with Crippen LogP contribution in [0.1, 0.15) is 0 Å². The summed E-state index contributed by atoms with van der Waals surface area (Å²) in [6.45, 7) is 0. The van der Waals surface area contributed by atoms with Crippen LogP contribution in [0.4, 0.5) is 0 Å². The van der Waals surface area contributed by atoms with Gasteiger partial charge in [-0.2, -0.15) is 0 Å². The van der Waals surface area contributed by atoms with Gasteiger partial charge >= 0.3 is 0 Å². The van der Waals surface area contributed by atoms with Crippen molar-refractivity contribution in [1.29, 1.82) is 0 Å². The predicted octanol–water partition coefficient (Wildman–Crippen LogP) is 4.32. The maximum absolute atomic E-state index is 3.78. The Labute approximate surface area is 159 Å². The van der Waals surface area contributed by atoms with Crippen molar-refractivity contribution in [1.82, 2.24) is 19.9 Å². The minimum absolute atomic E-state index is 0. The van der Waals surface area contributed by atoms with E-state index in [1.54, 1.807) is 49.6 Å². The Morgan fingerprint density at radius 1 is 0.240 bits per heavy atom. The molecule has 4 heterocycles. The minimum Gasteiger partial charge on any atom is -0.265 e. The van der Waals surface area contributed by atoms with Crippen LogP contribution < -0.4 is 0 Å². The molecule has 4 aromatic rings. The van der Waals surface area contributed by atoms with Gasteiger partial charge in [-0.1, -0.05) is 24.3 Å². The minimum atomic E-state index is 0. The van der Waals surface area contributed by atoms with Crippen molar-refractivity contribution in [2.45, 2.75) is 0 Å². The topological polar surface area (TPSA) is 51.6 Å². The van der Waals surface area contributed by atoms with Crippen LogP contribution in [0.5, 0.6) is 0 Å². The van der Waals surface area contributed by atoms with E-state index >= 15 is 0 Å². The Bertz CT molecular complexity index is 436. The number of aromatic nitrogens is 4. The van der Waals surface area contributed by atoms with Crippen LogP contribution in [0.3, 0.4) is 0 Å². The molecule has 0 N–H and O–H groups in total. The number of pyridine rings is 4. The average molecular weight is 375 g/mol. The van der Waals surface area contributed by atoms with Crippen molar-refractivity contribution in [3.63, 3.8) is 0 Å². The molecule has 0 fully saturated rings. The molecule has 0 amide bonds. The van der Waals surface area contributed by atoms with Crippen LogP contribution in [0.15, 0.2) is 122 Å². The van der Waals surface area contributed by atoms with E-state index in [1.807, 2.05) is 72.8 Å². The zero-order valence-corrected chi connectivity index (χ0v) is 14.6. The third kappa shape index (κ3) is 17.3. The first-order valence-corrected chi connectivity index (χ1v) is 7.40. The quantitative estimate of drug-likeness (QED) is 0.430. The molecule has 0 spiro atoms. The van der Waals surface area contributed by atoms with Gasteiger partial charge in [0.15, 0.2) is 0 Å². The number of nitrogens with zero attached hydrogens (tertiary/aromatic N) is 4. The predicted molar refractivity (Wildman–Crippen MR) is 96.9 cm³/mol. The van der Waals surface area contributed by atoms with E-state index in [0.717, 1.165) is 0 Å². The van der Waals surface area contributed by atoms with Crippen molar-refractivity contribution in [2.24, 2.45) is 0 Å². The van der Waals surface area contributed by atoms with Gasteiger partial charge in [-0.15, -0.1) is 0 Å². The van der Waals surface area contributed by atoms with Crippen LogP contribution >= 0.6 is 0 Å². The molecule has 0 atom stereocenters. The molecule has 0 saturated carbocycles. The van der Waals surface area contributed by atoms with Crippen molar-refractivity contribution in [3.8, 4) is 0 Å². The smallest absolute Gasteiger partial charge is 0.0267 e. The van der Waals surface area contributed by atoms with Crippen molar-refractivity contribution < 1.29 is 16.5 Å². The van der Waals surface area contributed by atoms with Gasteiger partial charge in [0.25, 0.3) is 0 Å². The summed E-state index contributed by atoms with van der Waals surface area (Å²) in [7, 11) is 0. The van der Waals surface area contributed by atoms with Crippen molar-refractivity contribution in [3.05, 3.63) is 122 Å². The van der Waals surface area contributed by atoms with Gasteiger partial charge in [0.2, 0.25) is 0 Å². The summed E-state index contributed by atoms with van der Waals surface area (Å²) in [4.78, 5) is 15.1. The fourth-order valence-electron chi connectivity index (χ4n) is 1.25. The van der Waals surface area contributed by atoms with Gasteiger partial charge < -0.3 is 0 Å². The normalized spacial score (nSPS) is 7.68. The van der Waals surface area contributed by atoms with E-state index in [4.69, 9.17) is 0 Å². The largest absolute Gasteiger partial charge is 0.265 e. The molecule has 0 aliphatic heterocycles. The number of hydrogen-bond acceptors (Lipinski definition) is 4. The Hall–Kier alpha value is -2.91. The molecule has 0 aliphatic carbocycles. The van der Waals surface area contributed by atoms with Gasteiger partial charge in [0.05, 0.1) is 0 Å². The van der Waals surface area contributed by atoms with Crippen LogP contribution in [0.2, 0.25) is 0 Å². The van der Waals surface area contributed by atoms with Gasteiger partial charge in [0, 0.05) is 66.1 Å². The van der Waals surface area contributed by atoms with E-state index in [0.29, 0.717) is 0 Å². The molecule has 0 saturated heterocycles. The Morgan fingerprint density at radius 2 is 0.400 bits per heavy atom. The maximum atomic E-state index is 3.78. The molecule has 0 bridgehead atoms. The second-order valence-corrected chi connectivity index (χ2v) is 4.10. The summed E-state index contributed by atoms with van der Waals surface area (Å²) in [5.74, 6) is 0. The molecule has 130 valence electrons. The molecule has 0 radical (unpaired) electrons. The van der Waals surface area contributed by atoms with Crippen LogP contribution in [0, 0.1) is 0 Å². The van der Waals surface area contributed by atoms with Gasteiger partial charge in [-0.05, 0) is 48.5 Å². The summed E-state index contributed by atoms with van der Waals surface area (Å²) < 4.78 is 0. The molecular formula is C20H20N4Ni. The first kappa shape index (κ1) is 22.1. The second kappa shape index (κ2) is 19.1. The molecule has 0 aliphatic rings. The summed E-state index contributed by atoms with van der Waals surface area (Å²) in [6, 6.07) is 22.9. The third-order valence-electron chi connectivity index (χ3n) is 2.27. The first-order chi connectivity index (χ1) is 12.0. The average Bonchev–Trinajstić information content (AvgIpc) is 2.75. The summed E-state index contributed by atoms with van der Waals surface area (Å²) in [5.41, 5.74) is 0. The van der Waals surface area contributed by atoms with E-state index < -0.39 is 0 Å². The molecule has 5 heteroatoms. The van der Waals surface area contributed by atoms with E-state index in [9.17, 15) is 0 Å². The molecule has 4 aromatic heterocycles. The zero-order valence-electron chi connectivity index (χ0n) is 13.7.